The van der Waals surface area contributed by atoms with E-state index in [1.54, 1.807) is 19.2 Å². The van der Waals surface area contributed by atoms with Gasteiger partial charge in [0.2, 0.25) is 0 Å². The molecular formula is C13H16N2O2. The number of hydrogen-bond acceptors (Lipinski definition) is 4. The molecule has 0 heterocycles. The highest BCUT2D eigenvalue weighted by Gasteiger charge is 2.25. The van der Waals surface area contributed by atoms with E-state index in [1.165, 1.54) is 0 Å². The van der Waals surface area contributed by atoms with Crippen LogP contribution >= 0.6 is 0 Å². The number of methoxy groups -OCH3 is 1. The molecule has 1 aliphatic rings. The summed E-state index contributed by atoms with van der Waals surface area (Å²) in [5.74, 6) is 0.642. The molecule has 2 N–H and O–H groups in total. The van der Waals surface area contributed by atoms with Crippen LogP contribution in [-0.4, -0.2) is 24.4 Å². The summed E-state index contributed by atoms with van der Waals surface area (Å²) in [6.07, 6.45) is 2.55. The van der Waals surface area contributed by atoms with Gasteiger partial charge >= 0.3 is 0 Å². The van der Waals surface area contributed by atoms with Gasteiger partial charge in [0.1, 0.15) is 5.75 Å². The van der Waals surface area contributed by atoms with E-state index >= 15 is 0 Å². The van der Waals surface area contributed by atoms with Crippen LogP contribution in [0.2, 0.25) is 0 Å². The van der Waals surface area contributed by atoms with Crippen molar-refractivity contribution in [2.24, 2.45) is 0 Å². The zero-order valence-electron chi connectivity index (χ0n) is 9.81. The largest absolute Gasteiger partial charge is 0.495 e. The molecule has 2 rings (SSSR count). The van der Waals surface area contributed by atoms with Gasteiger partial charge in [-0.1, -0.05) is 0 Å². The van der Waals surface area contributed by atoms with Crippen molar-refractivity contribution in [3.05, 3.63) is 23.8 Å². The Kier molecular flexibility index (Phi) is 3.50. The van der Waals surface area contributed by atoms with E-state index in [9.17, 15) is 5.11 Å². The molecule has 0 spiro atoms. The van der Waals surface area contributed by atoms with Gasteiger partial charge in [0.05, 0.1) is 36.6 Å². The molecule has 0 bridgehead atoms. The zero-order chi connectivity index (χ0) is 12.3. The number of aliphatic hydroxyl groups is 1. The van der Waals surface area contributed by atoms with Gasteiger partial charge in [-0.25, -0.2) is 0 Å². The van der Waals surface area contributed by atoms with Crippen molar-refractivity contribution in [2.45, 2.75) is 31.4 Å². The minimum atomic E-state index is -0.296. The Labute approximate surface area is 101 Å². The third-order valence-corrected chi connectivity index (χ3v) is 3.15. The highest BCUT2D eigenvalue weighted by Crippen LogP contribution is 2.29. The second kappa shape index (κ2) is 5.07. The molecular weight excluding hydrogens is 216 g/mol. The van der Waals surface area contributed by atoms with Crippen LogP contribution in [0.15, 0.2) is 18.2 Å². The molecule has 0 radical (unpaired) electrons. The average Bonchev–Trinajstić information content (AvgIpc) is 2.75. The second-order valence-electron chi connectivity index (χ2n) is 4.28. The van der Waals surface area contributed by atoms with Gasteiger partial charge in [-0.3, -0.25) is 0 Å². The Morgan fingerprint density at radius 1 is 1.47 bits per heavy atom. The number of hydrogen-bond donors (Lipinski definition) is 2. The number of anilines is 1. The van der Waals surface area contributed by atoms with E-state index in [0.29, 0.717) is 11.3 Å². The molecule has 2 atom stereocenters. The number of benzene rings is 1. The molecule has 2 unspecified atom stereocenters. The first-order valence-electron chi connectivity index (χ1n) is 5.77. The van der Waals surface area contributed by atoms with Gasteiger partial charge in [-0.15, -0.1) is 0 Å². The van der Waals surface area contributed by atoms with E-state index in [4.69, 9.17) is 10.00 Å². The first-order chi connectivity index (χ1) is 8.24. The molecule has 1 aromatic carbocycles. The summed E-state index contributed by atoms with van der Waals surface area (Å²) in [5.41, 5.74) is 1.40. The minimum Gasteiger partial charge on any atom is -0.495 e. The minimum absolute atomic E-state index is 0.0804. The van der Waals surface area contributed by atoms with Crippen LogP contribution in [0.25, 0.3) is 0 Å². The van der Waals surface area contributed by atoms with Crippen molar-refractivity contribution in [3.8, 4) is 11.8 Å². The van der Waals surface area contributed by atoms with Crippen LogP contribution in [0, 0.1) is 11.3 Å². The fourth-order valence-corrected chi connectivity index (χ4v) is 2.19. The van der Waals surface area contributed by atoms with Gasteiger partial charge in [-0.05, 0) is 31.4 Å². The van der Waals surface area contributed by atoms with Gasteiger partial charge in [-0.2, -0.15) is 5.26 Å². The highest BCUT2D eigenvalue weighted by atomic mass is 16.5. The van der Waals surface area contributed by atoms with E-state index in [1.807, 2.05) is 6.07 Å². The van der Waals surface area contributed by atoms with Crippen LogP contribution in [0.4, 0.5) is 5.69 Å². The standard InChI is InChI=1S/C13H16N2O2/c1-17-13-7-9(8-14)5-6-11(13)15-10-3-2-4-12(10)16/h5-7,10,12,15-16H,2-4H2,1H3. The van der Waals surface area contributed by atoms with E-state index in [2.05, 4.69) is 11.4 Å². The molecule has 1 fully saturated rings. The molecule has 0 saturated heterocycles. The summed E-state index contributed by atoms with van der Waals surface area (Å²) in [5, 5.41) is 21.8. The average molecular weight is 232 g/mol. The Morgan fingerprint density at radius 3 is 2.88 bits per heavy atom. The molecule has 0 aromatic heterocycles. The molecule has 1 aromatic rings. The monoisotopic (exact) mass is 232 g/mol. The quantitative estimate of drug-likeness (QED) is 0.835. The maximum atomic E-state index is 9.76. The van der Waals surface area contributed by atoms with Crippen LogP contribution in [-0.2, 0) is 0 Å². The van der Waals surface area contributed by atoms with Crippen molar-refractivity contribution < 1.29 is 9.84 Å². The topological polar surface area (TPSA) is 65.3 Å². The van der Waals surface area contributed by atoms with Crippen molar-refractivity contribution in [2.75, 3.05) is 12.4 Å². The van der Waals surface area contributed by atoms with Crippen LogP contribution in [0.1, 0.15) is 24.8 Å². The summed E-state index contributed by atoms with van der Waals surface area (Å²) in [6.45, 7) is 0. The number of nitrogens with one attached hydrogen (secondary N) is 1. The van der Waals surface area contributed by atoms with Crippen molar-refractivity contribution in [1.29, 1.82) is 5.26 Å². The lowest BCUT2D eigenvalue weighted by Crippen LogP contribution is -2.28. The maximum Gasteiger partial charge on any atom is 0.143 e. The number of ether oxygens (including phenoxy) is 1. The molecule has 1 saturated carbocycles. The normalized spacial score (nSPS) is 23.1. The van der Waals surface area contributed by atoms with Crippen molar-refractivity contribution in [1.82, 2.24) is 0 Å². The number of aliphatic hydroxyl groups excluding tert-OH is 1. The van der Waals surface area contributed by atoms with Crippen molar-refractivity contribution >= 4 is 5.69 Å². The Morgan fingerprint density at radius 2 is 2.29 bits per heavy atom. The van der Waals surface area contributed by atoms with E-state index < -0.39 is 0 Å². The fourth-order valence-electron chi connectivity index (χ4n) is 2.19. The predicted octanol–water partition coefficient (Wildman–Crippen LogP) is 1.89. The first-order valence-corrected chi connectivity index (χ1v) is 5.77. The van der Waals surface area contributed by atoms with Gasteiger partial charge in [0.25, 0.3) is 0 Å². The summed E-state index contributed by atoms with van der Waals surface area (Å²) in [4.78, 5) is 0. The molecule has 90 valence electrons. The third kappa shape index (κ3) is 2.51. The molecule has 17 heavy (non-hydrogen) atoms. The Hall–Kier alpha value is -1.73. The lowest BCUT2D eigenvalue weighted by atomic mass is 10.1. The molecule has 0 aliphatic heterocycles. The lowest BCUT2D eigenvalue weighted by Gasteiger charge is -2.19. The molecule has 4 heteroatoms. The van der Waals surface area contributed by atoms with Crippen molar-refractivity contribution in [3.63, 3.8) is 0 Å². The Balaban J connectivity index is 2.18. The number of nitriles is 1. The van der Waals surface area contributed by atoms with Crippen LogP contribution < -0.4 is 10.1 Å². The number of rotatable bonds is 3. The number of nitrogens with zero attached hydrogens (tertiary/aromatic N) is 1. The van der Waals surface area contributed by atoms with E-state index in [-0.39, 0.29) is 12.1 Å². The summed E-state index contributed by atoms with van der Waals surface area (Å²) in [7, 11) is 1.58. The molecule has 0 amide bonds. The van der Waals surface area contributed by atoms with Gasteiger partial charge in [0.15, 0.2) is 0 Å². The predicted molar refractivity (Wildman–Crippen MR) is 65.0 cm³/mol. The zero-order valence-corrected chi connectivity index (χ0v) is 9.81. The van der Waals surface area contributed by atoms with E-state index in [0.717, 1.165) is 24.9 Å². The van der Waals surface area contributed by atoms with Crippen LogP contribution in [0.5, 0.6) is 5.75 Å². The maximum absolute atomic E-state index is 9.76. The second-order valence-corrected chi connectivity index (χ2v) is 4.28. The van der Waals surface area contributed by atoms with Crippen LogP contribution in [0.3, 0.4) is 0 Å². The molecule has 4 nitrogen and oxygen atoms in total. The first kappa shape index (κ1) is 11.7. The lowest BCUT2D eigenvalue weighted by molar-refractivity contribution is 0.171. The fraction of sp³-hybridized carbons (Fsp3) is 0.462. The Bertz CT molecular complexity index is 440. The van der Waals surface area contributed by atoms with Gasteiger partial charge in [0, 0.05) is 6.07 Å². The summed E-state index contributed by atoms with van der Waals surface area (Å²) >= 11 is 0. The summed E-state index contributed by atoms with van der Waals surface area (Å²) in [6, 6.07) is 7.42. The summed E-state index contributed by atoms with van der Waals surface area (Å²) < 4.78 is 5.24. The smallest absolute Gasteiger partial charge is 0.143 e. The SMILES string of the molecule is COc1cc(C#N)ccc1NC1CCCC1O. The third-order valence-electron chi connectivity index (χ3n) is 3.15. The highest BCUT2D eigenvalue weighted by molar-refractivity contribution is 5.60. The molecule has 1 aliphatic carbocycles. The van der Waals surface area contributed by atoms with Gasteiger partial charge < -0.3 is 15.2 Å².